The summed E-state index contributed by atoms with van der Waals surface area (Å²) in [6.07, 6.45) is 0.181. The van der Waals surface area contributed by atoms with Gasteiger partial charge in [0.25, 0.3) is 11.8 Å². The van der Waals surface area contributed by atoms with E-state index in [2.05, 4.69) is 18.7 Å². The fourth-order valence-electron chi connectivity index (χ4n) is 2.19. The number of carbonyl (C=O) groups is 3. The van der Waals surface area contributed by atoms with Crippen LogP contribution in [0, 0.1) is 0 Å². The molecule has 112 valence electrons. The first-order valence-corrected chi connectivity index (χ1v) is 7.00. The normalized spacial score (nSPS) is 14.5. The number of anilines is 1. The molecule has 1 aromatic rings. The van der Waals surface area contributed by atoms with Crippen molar-refractivity contribution in [3.63, 3.8) is 0 Å². The smallest absolute Gasteiger partial charge is 0.363 e. The second-order valence-electron chi connectivity index (χ2n) is 4.68. The van der Waals surface area contributed by atoms with Gasteiger partial charge in [-0.05, 0) is 38.1 Å². The Morgan fingerprint density at radius 1 is 1.10 bits per heavy atom. The number of hydroxylamine groups is 2. The molecule has 0 radical (unpaired) electrons. The number of hydrogen-bond donors (Lipinski definition) is 0. The van der Waals surface area contributed by atoms with Crippen molar-refractivity contribution in [2.75, 3.05) is 18.0 Å². The van der Waals surface area contributed by atoms with Gasteiger partial charge in [-0.1, -0.05) is 0 Å². The van der Waals surface area contributed by atoms with Crippen LogP contribution in [0.1, 0.15) is 37.0 Å². The van der Waals surface area contributed by atoms with Gasteiger partial charge >= 0.3 is 5.97 Å². The molecule has 6 heteroatoms. The number of hydrogen-bond acceptors (Lipinski definition) is 5. The first-order valence-electron chi connectivity index (χ1n) is 7.00. The highest BCUT2D eigenvalue weighted by Crippen LogP contribution is 2.17. The second-order valence-corrected chi connectivity index (χ2v) is 4.68. The Kier molecular flexibility index (Phi) is 4.57. The Labute approximate surface area is 123 Å². The molecule has 0 unspecified atom stereocenters. The van der Waals surface area contributed by atoms with Crippen LogP contribution in [0.4, 0.5) is 5.69 Å². The van der Waals surface area contributed by atoms with Crippen molar-refractivity contribution in [2.45, 2.75) is 26.7 Å². The van der Waals surface area contributed by atoms with Crippen LogP contribution in [0.2, 0.25) is 0 Å². The first kappa shape index (κ1) is 15.0. The molecule has 1 heterocycles. The van der Waals surface area contributed by atoms with E-state index in [1.165, 1.54) is 0 Å². The SMILES string of the molecule is CCN(CC)c1ccc(C(=O)ON2C(=O)CCC2=O)cc1. The van der Waals surface area contributed by atoms with E-state index in [1.807, 2.05) is 12.1 Å². The molecule has 21 heavy (non-hydrogen) atoms. The zero-order chi connectivity index (χ0) is 15.4. The summed E-state index contributed by atoms with van der Waals surface area (Å²) in [5, 5.41) is 0.556. The van der Waals surface area contributed by atoms with Crippen molar-refractivity contribution in [3.8, 4) is 0 Å². The molecular formula is C15H18N2O4. The van der Waals surface area contributed by atoms with Crippen molar-refractivity contribution in [1.82, 2.24) is 5.06 Å². The van der Waals surface area contributed by atoms with Gasteiger partial charge in [0.05, 0.1) is 5.56 Å². The number of rotatable bonds is 5. The summed E-state index contributed by atoms with van der Waals surface area (Å²) in [5.41, 5.74) is 1.31. The molecule has 2 amide bonds. The standard InChI is InChI=1S/C15H18N2O4/c1-3-16(4-2)12-7-5-11(6-8-12)15(20)21-17-13(18)9-10-14(17)19/h5-8H,3-4,9-10H2,1-2H3. The maximum atomic E-state index is 11.9. The second kappa shape index (κ2) is 6.39. The van der Waals surface area contributed by atoms with Gasteiger partial charge in [0.2, 0.25) is 0 Å². The highest BCUT2D eigenvalue weighted by molar-refractivity contribution is 6.02. The third-order valence-electron chi connectivity index (χ3n) is 3.41. The van der Waals surface area contributed by atoms with Gasteiger partial charge in [-0.25, -0.2) is 4.79 Å². The molecule has 1 aliphatic heterocycles. The van der Waals surface area contributed by atoms with Gasteiger partial charge in [-0.3, -0.25) is 9.59 Å². The maximum Gasteiger partial charge on any atom is 0.363 e. The van der Waals surface area contributed by atoms with E-state index in [0.29, 0.717) is 10.6 Å². The third-order valence-corrected chi connectivity index (χ3v) is 3.41. The molecule has 2 rings (SSSR count). The summed E-state index contributed by atoms with van der Waals surface area (Å²) in [7, 11) is 0. The number of carbonyl (C=O) groups excluding carboxylic acids is 3. The van der Waals surface area contributed by atoms with Gasteiger partial charge in [-0.15, -0.1) is 5.06 Å². The molecule has 1 saturated heterocycles. The Bertz CT molecular complexity index is 533. The summed E-state index contributed by atoms with van der Waals surface area (Å²) in [6, 6.07) is 6.89. The van der Waals surface area contributed by atoms with Crippen LogP contribution >= 0.6 is 0 Å². The minimum absolute atomic E-state index is 0.0903. The van der Waals surface area contributed by atoms with Crippen LogP contribution in [-0.2, 0) is 14.4 Å². The maximum absolute atomic E-state index is 11.9. The molecule has 1 aliphatic rings. The van der Waals surface area contributed by atoms with Crippen molar-refractivity contribution in [3.05, 3.63) is 29.8 Å². The molecule has 0 aromatic heterocycles. The monoisotopic (exact) mass is 290 g/mol. The summed E-state index contributed by atoms with van der Waals surface area (Å²) in [6.45, 7) is 5.85. The highest BCUT2D eigenvalue weighted by Gasteiger charge is 2.33. The van der Waals surface area contributed by atoms with Crippen LogP contribution in [0.5, 0.6) is 0 Å². The van der Waals surface area contributed by atoms with Crippen molar-refractivity contribution >= 4 is 23.5 Å². The Balaban J connectivity index is 2.06. The van der Waals surface area contributed by atoms with E-state index in [-0.39, 0.29) is 12.8 Å². The van der Waals surface area contributed by atoms with Crippen LogP contribution in [-0.4, -0.2) is 35.9 Å². The largest absolute Gasteiger partial charge is 0.372 e. The van der Waals surface area contributed by atoms with Crippen LogP contribution < -0.4 is 4.90 Å². The van der Waals surface area contributed by atoms with Crippen molar-refractivity contribution in [2.24, 2.45) is 0 Å². The first-order chi connectivity index (χ1) is 10.1. The lowest BCUT2D eigenvalue weighted by atomic mass is 10.2. The predicted octanol–water partition coefficient (Wildman–Crippen LogP) is 1.75. The molecule has 6 nitrogen and oxygen atoms in total. The van der Waals surface area contributed by atoms with E-state index in [0.717, 1.165) is 18.8 Å². The average Bonchev–Trinajstić information content (AvgIpc) is 2.81. The van der Waals surface area contributed by atoms with E-state index < -0.39 is 17.8 Å². The molecule has 1 fully saturated rings. The van der Waals surface area contributed by atoms with Crippen molar-refractivity contribution in [1.29, 1.82) is 0 Å². The highest BCUT2D eigenvalue weighted by atomic mass is 16.7. The fraction of sp³-hybridized carbons (Fsp3) is 0.400. The summed E-state index contributed by atoms with van der Waals surface area (Å²) < 4.78 is 0. The van der Waals surface area contributed by atoms with Gasteiger partial charge in [0, 0.05) is 31.6 Å². The summed E-state index contributed by atoms with van der Waals surface area (Å²) in [4.78, 5) is 41.7. The Morgan fingerprint density at radius 2 is 1.62 bits per heavy atom. The number of amides is 2. The minimum Gasteiger partial charge on any atom is -0.372 e. The minimum atomic E-state index is -0.704. The van der Waals surface area contributed by atoms with E-state index in [1.54, 1.807) is 12.1 Å². The third kappa shape index (κ3) is 3.21. The van der Waals surface area contributed by atoms with Crippen molar-refractivity contribution < 1.29 is 19.2 Å². The number of imide groups is 1. The molecule has 0 aliphatic carbocycles. The molecule has 0 bridgehead atoms. The summed E-state index contributed by atoms with van der Waals surface area (Å²) in [5.74, 6) is -1.66. The van der Waals surface area contributed by atoms with Crippen LogP contribution in [0.3, 0.4) is 0 Å². The number of nitrogens with zero attached hydrogens (tertiary/aromatic N) is 2. The Hall–Kier alpha value is -2.37. The zero-order valence-electron chi connectivity index (χ0n) is 12.2. The van der Waals surface area contributed by atoms with E-state index in [4.69, 9.17) is 4.84 Å². The lowest BCUT2D eigenvalue weighted by molar-refractivity contribution is -0.172. The number of benzene rings is 1. The predicted molar refractivity (Wildman–Crippen MR) is 76.5 cm³/mol. The zero-order valence-corrected chi connectivity index (χ0v) is 12.2. The molecule has 0 spiro atoms. The quantitative estimate of drug-likeness (QED) is 0.773. The topological polar surface area (TPSA) is 66.9 Å². The lowest BCUT2D eigenvalue weighted by Crippen LogP contribution is -2.32. The molecule has 0 saturated carbocycles. The van der Waals surface area contributed by atoms with E-state index in [9.17, 15) is 14.4 Å². The van der Waals surface area contributed by atoms with E-state index >= 15 is 0 Å². The average molecular weight is 290 g/mol. The van der Waals surface area contributed by atoms with Crippen LogP contribution in [0.15, 0.2) is 24.3 Å². The molecule has 0 atom stereocenters. The molecule has 0 N–H and O–H groups in total. The van der Waals surface area contributed by atoms with Gasteiger partial charge in [-0.2, -0.15) is 0 Å². The lowest BCUT2D eigenvalue weighted by Gasteiger charge is -2.21. The fourth-order valence-corrected chi connectivity index (χ4v) is 2.19. The van der Waals surface area contributed by atoms with Gasteiger partial charge < -0.3 is 9.74 Å². The molecule has 1 aromatic carbocycles. The van der Waals surface area contributed by atoms with Gasteiger partial charge in [0.1, 0.15) is 0 Å². The van der Waals surface area contributed by atoms with Crippen LogP contribution in [0.25, 0.3) is 0 Å². The van der Waals surface area contributed by atoms with Gasteiger partial charge in [0.15, 0.2) is 0 Å². The summed E-state index contributed by atoms with van der Waals surface area (Å²) >= 11 is 0. The molecular weight excluding hydrogens is 272 g/mol. The Morgan fingerprint density at radius 3 is 2.10 bits per heavy atom.